The number of hydrogen-bond donors (Lipinski definition) is 1. The minimum Gasteiger partial charge on any atom is -0.491 e. The molecule has 0 spiro atoms. The summed E-state index contributed by atoms with van der Waals surface area (Å²) in [6, 6.07) is 17.6. The predicted octanol–water partition coefficient (Wildman–Crippen LogP) is 6.17. The molecule has 0 bridgehead atoms. The maximum Gasteiger partial charge on any atom is 0.259 e. The molecule has 0 fully saturated rings. The molecule has 1 aliphatic rings. The number of halogens is 2. The van der Waals surface area contributed by atoms with Crippen LogP contribution in [0.15, 0.2) is 60.7 Å². The maximum absolute atomic E-state index is 13.5. The molecule has 1 heterocycles. The van der Waals surface area contributed by atoms with Gasteiger partial charge < -0.3 is 19.9 Å². The minimum atomic E-state index is -0.316. The molecular formula is C28H29Cl2N3O3. The number of nitrogens with one attached hydrogen (secondary N) is 1. The number of rotatable bonds is 7. The van der Waals surface area contributed by atoms with Crippen LogP contribution in [0.2, 0.25) is 10.0 Å². The fourth-order valence-electron chi connectivity index (χ4n) is 4.16. The molecule has 6 nitrogen and oxygen atoms in total. The van der Waals surface area contributed by atoms with E-state index >= 15 is 0 Å². The highest BCUT2D eigenvalue weighted by molar-refractivity contribution is 6.35. The van der Waals surface area contributed by atoms with Crippen LogP contribution in [0.4, 0.5) is 11.4 Å². The van der Waals surface area contributed by atoms with Gasteiger partial charge in [0.2, 0.25) is 0 Å². The van der Waals surface area contributed by atoms with Crippen LogP contribution in [-0.2, 0) is 6.42 Å². The number of likely N-dealkylation sites (N-methyl/N-ethyl adjacent to an activating group) is 1. The number of anilines is 2. The number of amides is 2. The third-order valence-corrected chi connectivity index (χ3v) is 6.59. The van der Waals surface area contributed by atoms with Crippen molar-refractivity contribution in [3.8, 4) is 5.75 Å². The lowest BCUT2D eigenvalue weighted by atomic mass is 10.1. The summed E-state index contributed by atoms with van der Waals surface area (Å²) < 4.78 is 5.81. The summed E-state index contributed by atoms with van der Waals surface area (Å²) >= 11 is 12.7. The van der Waals surface area contributed by atoms with Crippen LogP contribution in [0.1, 0.15) is 39.1 Å². The first kappa shape index (κ1) is 26.0. The van der Waals surface area contributed by atoms with Gasteiger partial charge in [0.25, 0.3) is 11.8 Å². The Labute approximate surface area is 221 Å². The average Bonchev–Trinajstić information content (AvgIpc) is 3.06. The zero-order valence-electron chi connectivity index (χ0n) is 20.4. The number of hydrogen-bond acceptors (Lipinski definition) is 4. The molecule has 3 aromatic carbocycles. The second kappa shape index (κ2) is 11.8. The summed E-state index contributed by atoms with van der Waals surface area (Å²) in [5.74, 6) is 0.0154. The standard InChI is InChI=1S/C28H29Cl2N3O3/c1-32(2)15-16-36-26-9-4-3-8-23(26)27(34)31-21-11-12-22(24(30)18-21)28(35)33-14-6-5-7-19-17-20(29)10-13-25(19)33/h3-4,8-13,17-18H,5-7,14-16H2,1-2H3,(H,31,34). The fraction of sp³-hybridized carbons (Fsp3) is 0.286. The van der Waals surface area contributed by atoms with Crippen molar-refractivity contribution in [3.05, 3.63) is 87.4 Å². The normalized spacial score (nSPS) is 13.2. The van der Waals surface area contributed by atoms with E-state index in [1.54, 1.807) is 47.4 Å². The summed E-state index contributed by atoms with van der Waals surface area (Å²) in [6.07, 6.45) is 2.74. The van der Waals surface area contributed by atoms with Gasteiger partial charge in [-0.15, -0.1) is 0 Å². The molecule has 3 aromatic rings. The van der Waals surface area contributed by atoms with Crippen molar-refractivity contribution >= 4 is 46.4 Å². The van der Waals surface area contributed by atoms with Crippen LogP contribution < -0.4 is 15.0 Å². The Morgan fingerprint density at radius 2 is 1.81 bits per heavy atom. The Bertz CT molecular complexity index is 1260. The van der Waals surface area contributed by atoms with Crippen molar-refractivity contribution in [3.63, 3.8) is 0 Å². The first-order valence-corrected chi connectivity index (χ1v) is 12.7. The number of fused-ring (bicyclic) bond motifs is 1. The van der Waals surface area contributed by atoms with E-state index in [2.05, 4.69) is 5.32 Å². The number of aryl methyl sites for hydroxylation is 1. The topological polar surface area (TPSA) is 61.9 Å². The molecule has 1 aliphatic heterocycles. The fourth-order valence-corrected chi connectivity index (χ4v) is 4.62. The Morgan fingerprint density at radius 3 is 2.58 bits per heavy atom. The molecule has 36 heavy (non-hydrogen) atoms. The lowest BCUT2D eigenvalue weighted by Crippen LogP contribution is -2.32. The van der Waals surface area contributed by atoms with E-state index in [9.17, 15) is 9.59 Å². The molecule has 0 saturated heterocycles. The first-order valence-electron chi connectivity index (χ1n) is 11.9. The Hall–Kier alpha value is -3.06. The average molecular weight is 526 g/mol. The van der Waals surface area contributed by atoms with Gasteiger partial charge in [0, 0.05) is 29.5 Å². The Morgan fingerprint density at radius 1 is 1.00 bits per heavy atom. The number of para-hydroxylation sites is 1. The maximum atomic E-state index is 13.5. The number of carbonyl (C=O) groups is 2. The van der Waals surface area contributed by atoms with E-state index < -0.39 is 0 Å². The van der Waals surface area contributed by atoms with Gasteiger partial charge in [-0.1, -0.05) is 35.3 Å². The van der Waals surface area contributed by atoms with Crippen LogP contribution >= 0.6 is 23.2 Å². The van der Waals surface area contributed by atoms with Gasteiger partial charge in [-0.3, -0.25) is 9.59 Å². The lowest BCUT2D eigenvalue weighted by Gasteiger charge is -2.24. The van der Waals surface area contributed by atoms with Crippen molar-refractivity contribution in [2.45, 2.75) is 19.3 Å². The Balaban J connectivity index is 1.51. The third-order valence-electron chi connectivity index (χ3n) is 6.04. The van der Waals surface area contributed by atoms with Gasteiger partial charge >= 0.3 is 0 Å². The van der Waals surface area contributed by atoms with Gasteiger partial charge in [-0.05, 0) is 87.5 Å². The van der Waals surface area contributed by atoms with E-state index in [0.29, 0.717) is 40.7 Å². The second-order valence-corrected chi connectivity index (χ2v) is 9.83. The van der Waals surface area contributed by atoms with Gasteiger partial charge in [0.1, 0.15) is 12.4 Å². The first-order chi connectivity index (χ1) is 17.3. The largest absolute Gasteiger partial charge is 0.491 e. The lowest BCUT2D eigenvalue weighted by molar-refractivity contribution is 0.0985. The monoisotopic (exact) mass is 525 g/mol. The predicted molar refractivity (Wildman–Crippen MR) is 146 cm³/mol. The van der Waals surface area contributed by atoms with Gasteiger partial charge in [-0.25, -0.2) is 0 Å². The van der Waals surface area contributed by atoms with Crippen molar-refractivity contribution in [2.75, 3.05) is 44.0 Å². The molecule has 0 aromatic heterocycles. The van der Waals surface area contributed by atoms with Gasteiger partial charge in [-0.2, -0.15) is 0 Å². The molecule has 188 valence electrons. The van der Waals surface area contributed by atoms with Crippen molar-refractivity contribution in [1.29, 1.82) is 0 Å². The van der Waals surface area contributed by atoms with E-state index in [0.717, 1.165) is 37.1 Å². The molecule has 0 atom stereocenters. The molecule has 0 saturated carbocycles. The molecule has 0 radical (unpaired) electrons. The van der Waals surface area contributed by atoms with Crippen LogP contribution in [0.25, 0.3) is 0 Å². The summed E-state index contributed by atoms with van der Waals surface area (Å²) in [5.41, 5.74) is 3.21. The number of benzene rings is 3. The van der Waals surface area contributed by atoms with Crippen LogP contribution in [0.5, 0.6) is 5.75 Å². The SMILES string of the molecule is CN(C)CCOc1ccccc1C(=O)Nc1ccc(C(=O)N2CCCCc3cc(Cl)ccc32)c(Cl)c1. The highest BCUT2D eigenvalue weighted by Gasteiger charge is 2.24. The zero-order chi connectivity index (χ0) is 25.7. The molecule has 2 amide bonds. The molecular weight excluding hydrogens is 497 g/mol. The molecule has 1 N–H and O–H groups in total. The summed E-state index contributed by atoms with van der Waals surface area (Å²) in [5, 5.41) is 3.79. The second-order valence-electron chi connectivity index (χ2n) is 8.98. The zero-order valence-corrected chi connectivity index (χ0v) is 21.9. The van der Waals surface area contributed by atoms with Crippen LogP contribution in [-0.4, -0.2) is 50.5 Å². The summed E-state index contributed by atoms with van der Waals surface area (Å²) in [4.78, 5) is 30.2. The van der Waals surface area contributed by atoms with Crippen LogP contribution in [0.3, 0.4) is 0 Å². The molecule has 8 heteroatoms. The van der Waals surface area contributed by atoms with Gasteiger partial charge in [0.05, 0.1) is 16.1 Å². The number of ether oxygens (including phenoxy) is 1. The van der Waals surface area contributed by atoms with Crippen LogP contribution in [0, 0.1) is 0 Å². The number of nitrogens with zero attached hydrogens (tertiary/aromatic N) is 2. The molecule has 4 rings (SSSR count). The van der Waals surface area contributed by atoms with E-state index in [-0.39, 0.29) is 16.8 Å². The molecule has 0 unspecified atom stereocenters. The quantitative estimate of drug-likeness (QED) is 0.400. The van der Waals surface area contributed by atoms with Gasteiger partial charge in [0.15, 0.2) is 0 Å². The van der Waals surface area contributed by atoms with E-state index in [4.69, 9.17) is 27.9 Å². The van der Waals surface area contributed by atoms with E-state index in [1.807, 2.05) is 37.2 Å². The minimum absolute atomic E-state index is 0.178. The summed E-state index contributed by atoms with van der Waals surface area (Å²) in [6.45, 7) is 1.80. The summed E-state index contributed by atoms with van der Waals surface area (Å²) in [7, 11) is 3.92. The Kier molecular flexibility index (Phi) is 8.52. The highest BCUT2D eigenvalue weighted by Crippen LogP contribution is 2.32. The smallest absolute Gasteiger partial charge is 0.259 e. The third kappa shape index (κ3) is 6.19. The molecule has 0 aliphatic carbocycles. The number of carbonyl (C=O) groups excluding carboxylic acids is 2. The van der Waals surface area contributed by atoms with Crippen molar-refractivity contribution in [2.24, 2.45) is 0 Å². The highest BCUT2D eigenvalue weighted by atomic mass is 35.5. The van der Waals surface area contributed by atoms with Crippen molar-refractivity contribution < 1.29 is 14.3 Å². The van der Waals surface area contributed by atoms with E-state index in [1.165, 1.54) is 0 Å². The van der Waals surface area contributed by atoms with Crippen molar-refractivity contribution in [1.82, 2.24) is 4.90 Å².